The Hall–Kier alpha value is -2.67. The molecule has 0 saturated carbocycles. The van der Waals surface area contributed by atoms with E-state index in [4.69, 9.17) is 16.6 Å². The van der Waals surface area contributed by atoms with E-state index in [0.29, 0.717) is 13.1 Å². The van der Waals surface area contributed by atoms with Crippen LogP contribution in [0.4, 0.5) is 5.82 Å². The molecule has 1 saturated heterocycles. The lowest BCUT2D eigenvalue weighted by atomic mass is 9.84. The van der Waals surface area contributed by atoms with Gasteiger partial charge >= 0.3 is 0 Å². The van der Waals surface area contributed by atoms with E-state index in [1.54, 1.807) is 0 Å². The number of rotatable bonds is 5. The maximum absolute atomic E-state index is 12.5. The average Bonchev–Trinajstić information content (AvgIpc) is 3.48. The van der Waals surface area contributed by atoms with E-state index in [2.05, 4.69) is 29.7 Å². The Balaban J connectivity index is 1.51. The molecular formula is C26H26ClN3O2S. The van der Waals surface area contributed by atoms with Gasteiger partial charge in [-0.2, -0.15) is 0 Å². The molecule has 2 aliphatic rings. The monoisotopic (exact) mass is 479 g/mol. The first-order valence-electron chi connectivity index (χ1n) is 11.2. The fourth-order valence-electron chi connectivity index (χ4n) is 5.05. The van der Waals surface area contributed by atoms with Crippen LogP contribution in [0.2, 0.25) is 4.34 Å². The van der Waals surface area contributed by atoms with E-state index < -0.39 is 0 Å². The van der Waals surface area contributed by atoms with Gasteiger partial charge in [0.1, 0.15) is 5.82 Å². The number of hydrogen-bond donors (Lipinski definition) is 1. The number of pyridine rings is 1. The molecule has 0 aliphatic carbocycles. The third-order valence-corrected chi connectivity index (χ3v) is 7.95. The number of halogens is 1. The van der Waals surface area contributed by atoms with E-state index in [0.717, 1.165) is 51.1 Å². The van der Waals surface area contributed by atoms with Crippen LogP contribution in [-0.2, 0) is 11.3 Å². The number of anilines is 1. The summed E-state index contributed by atoms with van der Waals surface area (Å²) in [7, 11) is 0. The maximum Gasteiger partial charge on any atom is 0.246 e. The van der Waals surface area contributed by atoms with Crippen molar-refractivity contribution >= 4 is 34.7 Å². The lowest BCUT2D eigenvalue weighted by molar-refractivity contribution is -0.127. The molecule has 2 aliphatic heterocycles. The molecule has 7 heteroatoms. The highest BCUT2D eigenvalue weighted by molar-refractivity contribution is 7.16. The molecule has 0 bridgehead atoms. The van der Waals surface area contributed by atoms with Gasteiger partial charge in [0.25, 0.3) is 0 Å². The number of amides is 1. The Bertz CT molecular complexity index is 1180. The fraction of sp³-hybridized carbons (Fsp3) is 0.308. The minimum Gasteiger partial charge on any atom is -0.394 e. The van der Waals surface area contributed by atoms with Gasteiger partial charge in [-0.15, -0.1) is 11.3 Å². The van der Waals surface area contributed by atoms with Gasteiger partial charge < -0.3 is 14.9 Å². The third kappa shape index (κ3) is 4.19. The van der Waals surface area contributed by atoms with Crippen LogP contribution in [0.5, 0.6) is 0 Å². The standard InChI is InChI=1S/C26H26ClN3O2S/c1-2-26(32)29-14-22(21-12-24(27)33-23(21)15-29)20-8-4-3-7-19(20)17-9-10-25(28-13-17)30-11-5-6-18(30)16-31/h2-4,7-10,12-13,18,22,31H,1,5-6,11,14-16H2/t18-,22+/m0/s1. The molecule has 1 amide bonds. The topological polar surface area (TPSA) is 56.7 Å². The molecule has 33 heavy (non-hydrogen) atoms. The summed E-state index contributed by atoms with van der Waals surface area (Å²) in [6, 6.07) is 14.7. The van der Waals surface area contributed by atoms with Crippen LogP contribution in [0.25, 0.3) is 11.1 Å². The van der Waals surface area contributed by atoms with E-state index in [-0.39, 0.29) is 24.5 Å². The summed E-state index contributed by atoms with van der Waals surface area (Å²) in [5.41, 5.74) is 4.48. The van der Waals surface area contributed by atoms with E-state index in [1.165, 1.54) is 23.0 Å². The van der Waals surface area contributed by atoms with Gasteiger partial charge in [0.2, 0.25) is 5.91 Å². The zero-order valence-corrected chi connectivity index (χ0v) is 19.9. The van der Waals surface area contributed by atoms with Crippen LogP contribution in [0.15, 0.2) is 61.3 Å². The molecule has 4 heterocycles. The molecule has 2 atom stereocenters. The highest BCUT2D eigenvalue weighted by atomic mass is 35.5. The second kappa shape index (κ2) is 9.29. The molecule has 170 valence electrons. The van der Waals surface area contributed by atoms with Crippen molar-refractivity contribution < 1.29 is 9.90 Å². The van der Waals surface area contributed by atoms with Gasteiger partial charge in [-0.3, -0.25) is 4.79 Å². The van der Waals surface area contributed by atoms with Crippen molar-refractivity contribution in [3.63, 3.8) is 0 Å². The van der Waals surface area contributed by atoms with Gasteiger partial charge in [-0.25, -0.2) is 4.98 Å². The molecular weight excluding hydrogens is 454 g/mol. The number of thiophene rings is 1. The zero-order chi connectivity index (χ0) is 22.9. The number of benzene rings is 1. The first-order valence-corrected chi connectivity index (χ1v) is 12.4. The van der Waals surface area contributed by atoms with Gasteiger partial charge in [0.15, 0.2) is 0 Å². The zero-order valence-electron chi connectivity index (χ0n) is 18.3. The van der Waals surface area contributed by atoms with Gasteiger partial charge in [0, 0.05) is 35.6 Å². The Morgan fingerprint density at radius 2 is 2.12 bits per heavy atom. The quantitative estimate of drug-likeness (QED) is 0.518. The van der Waals surface area contributed by atoms with Crippen LogP contribution in [0, 0.1) is 0 Å². The average molecular weight is 480 g/mol. The highest BCUT2D eigenvalue weighted by Crippen LogP contribution is 2.43. The summed E-state index contributed by atoms with van der Waals surface area (Å²) in [5.74, 6) is 0.859. The first-order chi connectivity index (χ1) is 16.1. The van der Waals surface area contributed by atoms with Crippen molar-refractivity contribution in [2.75, 3.05) is 24.6 Å². The molecule has 2 aromatic heterocycles. The van der Waals surface area contributed by atoms with Crippen LogP contribution < -0.4 is 4.90 Å². The second-order valence-corrected chi connectivity index (χ2v) is 10.3. The molecule has 1 aromatic carbocycles. The van der Waals surface area contributed by atoms with E-state index >= 15 is 0 Å². The third-order valence-electron chi connectivity index (χ3n) is 6.69. The molecule has 0 unspecified atom stereocenters. The van der Waals surface area contributed by atoms with Gasteiger partial charge in [-0.1, -0.05) is 42.4 Å². The minimum atomic E-state index is -0.0669. The number of aromatic nitrogens is 1. The molecule has 5 nitrogen and oxygen atoms in total. The highest BCUT2D eigenvalue weighted by Gasteiger charge is 2.32. The number of carbonyl (C=O) groups is 1. The van der Waals surface area contributed by atoms with Gasteiger partial charge in [-0.05, 0) is 53.8 Å². The Kier molecular flexibility index (Phi) is 6.23. The summed E-state index contributed by atoms with van der Waals surface area (Å²) in [5, 5.41) is 9.66. The summed E-state index contributed by atoms with van der Waals surface area (Å²) in [6.45, 7) is 5.89. The molecule has 3 aromatic rings. The van der Waals surface area contributed by atoms with Crippen LogP contribution >= 0.6 is 22.9 Å². The van der Waals surface area contributed by atoms with Crippen LogP contribution in [-0.4, -0.2) is 46.6 Å². The van der Waals surface area contributed by atoms with Crippen molar-refractivity contribution in [1.29, 1.82) is 0 Å². The summed E-state index contributed by atoms with van der Waals surface area (Å²) in [6.07, 6.45) is 5.36. The predicted octanol–water partition coefficient (Wildman–Crippen LogP) is 5.08. The molecule has 5 rings (SSSR count). The Morgan fingerprint density at radius 1 is 1.27 bits per heavy atom. The van der Waals surface area contributed by atoms with E-state index in [9.17, 15) is 9.90 Å². The summed E-state index contributed by atoms with van der Waals surface area (Å²) in [4.78, 5) is 22.4. The number of carbonyl (C=O) groups excluding carboxylic acids is 1. The Morgan fingerprint density at radius 3 is 2.88 bits per heavy atom. The molecule has 0 spiro atoms. The van der Waals surface area contributed by atoms with Crippen LogP contribution in [0.1, 0.15) is 34.8 Å². The second-order valence-electron chi connectivity index (χ2n) is 8.57. The first kappa shape index (κ1) is 22.1. The molecule has 1 fully saturated rings. The largest absolute Gasteiger partial charge is 0.394 e. The lowest BCUT2D eigenvalue weighted by Gasteiger charge is -2.33. The van der Waals surface area contributed by atoms with Crippen molar-refractivity contribution in [2.24, 2.45) is 0 Å². The van der Waals surface area contributed by atoms with Crippen molar-refractivity contribution in [1.82, 2.24) is 9.88 Å². The van der Waals surface area contributed by atoms with Crippen LogP contribution in [0.3, 0.4) is 0 Å². The minimum absolute atomic E-state index is 0.0228. The smallest absolute Gasteiger partial charge is 0.246 e. The predicted molar refractivity (Wildman–Crippen MR) is 134 cm³/mol. The van der Waals surface area contributed by atoms with Crippen molar-refractivity contribution in [3.05, 3.63) is 81.7 Å². The van der Waals surface area contributed by atoms with Crippen molar-refractivity contribution in [3.8, 4) is 11.1 Å². The number of hydrogen-bond acceptors (Lipinski definition) is 5. The van der Waals surface area contributed by atoms with Gasteiger partial charge in [0.05, 0.1) is 23.5 Å². The normalized spacial score (nSPS) is 20.1. The number of fused-ring (bicyclic) bond motifs is 1. The molecule has 0 radical (unpaired) electrons. The molecule has 1 N–H and O–H groups in total. The lowest BCUT2D eigenvalue weighted by Crippen LogP contribution is -2.37. The summed E-state index contributed by atoms with van der Waals surface area (Å²) >= 11 is 7.93. The fourth-order valence-corrected chi connectivity index (χ4v) is 6.41. The summed E-state index contributed by atoms with van der Waals surface area (Å²) < 4.78 is 0.741. The van der Waals surface area contributed by atoms with Crippen molar-refractivity contribution in [2.45, 2.75) is 31.3 Å². The van der Waals surface area contributed by atoms with E-state index in [1.807, 2.05) is 35.4 Å². The number of nitrogens with zero attached hydrogens (tertiary/aromatic N) is 3. The number of aliphatic hydroxyl groups excluding tert-OH is 1. The Labute approximate surface area is 202 Å². The number of aliphatic hydroxyl groups is 1. The maximum atomic E-state index is 12.5. The SMILES string of the molecule is C=CC(=O)N1Cc2sc(Cl)cc2[C@@H](c2ccccc2-c2ccc(N3CCC[C@H]3CO)nc2)C1.